The van der Waals surface area contributed by atoms with E-state index in [1.165, 1.54) is 12.8 Å². The first kappa shape index (κ1) is 13.8. The maximum Gasteiger partial charge on any atom is 0.309 e. The smallest absolute Gasteiger partial charge is 0.309 e. The van der Waals surface area contributed by atoms with Gasteiger partial charge in [-0.3, -0.25) is 4.79 Å². The van der Waals surface area contributed by atoms with E-state index < -0.39 is 0 Å². The Morgan fingerprint density at radius 3 is 2.67 bits per heavy atom. The third-order valence-corrected chi connectivity index (χ3v) is 4.20. The molecular formula is C14H25NO3. The van der Waals surface area contributed by atoms with Crippen LogP contribution in [0, 0.1) is 11.8 Å². The summed E-state index contributed by atoms with van der Waals surface area (Å²) in [4.78, 5) is 12.1. The lowest BCUT2D eigenvalue weighted by Crippen LogP contribution is -2.35. The summed E-state index contributed by atoms with van der Waals surface area (Å²) in [6, 6.07) is 0. The van der Waals surface area contributed by atoms with Crippen LogP contribution in [0.25, 0.3) is 0 Å². The van der Waals surface area contributed by atoms with Crippen molar-refractivity contribution in [2.24, 2.45) is 17.6 Å². The Morgan fingerprint density at radius 1 is 1.17 bits per heavy atom. The Balaban J connectivity index is 1.75. The molecule has 0 spiro atoms. The van der Waals surface area contributed by atoms with E-state index in [1.807, 2.05) is 0 Å². The van der Waals surface area contributed by atoms with Crippen molar-refractivity contribution < 1.29 is 14.3 Å². The lowest BCUT2D eigenvalue weighted by Gasteiger charge is -2.29. The van der Waals surface area contributed by atoms with E-state index in [2.05, 4.69) is 0 Å². The van der Waals surface area contributed by atoms with E-state index in [4.69, 9.17) is 15.2 Å². The molecule has 1 heterocycles. The minimum Gasteiger partial charge on any atom is -0.463 e. The maximum absolute atomic E-state index is 12.1. The number of carbonyl (C=O) groups is 1. The average molecular weight is 255 g/mol. The zero-order valence-corrected chi connectivity index (χ0v) is 11.1. The molecule has 2 rings (SSSR count). The highest BCUT2D eigenvalue weighted by molar-refractivity contribution is 5.73. The molecule has 2 fully saturated rings. The van der Waals surface area contributed by atoms with Crippen LogP contribution >= 0.6 is 0 Å². The first-order valence-electron chi connectivity index (χ1n) is 7.29. The minimum absolute atomic E-state index is 0.0207. The summed E-state index contributed by atoms with van der Waals surface area (Å²) in [6.07, 6.45) is 7.75. The van der Waals surface area contributed by atoms with Crippen LogP contribution < -0.4 is 5.73 Å². The second-order valence-corrected chi connectivity index (χ2v) is 5.51. The Labute approximate surface area is 109 Å². The van der Waals surface area contributed by atoms with Gasteiger partial charge in [0.05, 0.1) is 12.0 Å². The van der Waals surface area contributed by atoms with Gasteiger partial charge in [0.1, 0.15) is 6.61 Å². The van der Waals surface area contributed by atoms with Crippen LogP contribution in [0.2, 0.25) is 0 Å². The summed E-state index contributed by atoms with van der Waals surface area (Å²) >= 11 is 0. The molecule has 1 aliphatic carbocycles. The molecule has 3 atom stereocenters. The summed E-state index contributed by atoms with van der Waals surface area (Å²) in [5.74, 6) is 0.283. The van der Waals surface area contributed by atoms with Gasteiger partial charge in [0, 0.05) is 6.61 Å². The van der Waals surface area contributed by atoms with E-state index in [9.17, 15) is 4.79 Å². The van der Waals surface area contributed by atoms with Gasteiger partial charge in [-0.2, -0.15) is 0 Å². The van der Waals surface area contributed by atoms with Gasteiger partial charge in [-0.25, -0.2) is 0 Å². The van der Waals surface area contributed by atoms with Crippen molar-refractivity contribution in [3.8, 4) is 0 Å². The fraction of sp³-hybridized carbons (Fsp3) is 0.929. The number of hydrogen-bond donors (Lipinski definition) is 1. The molecule has 104 valence electrons. The zero-order valence-electron chi connectivity index (χ0n) is 11.1. The van der Waals surface area contributed by atoms with Gasteiger partial charge in [0.15, 0.2) is 0 Å². The highest BCUT2D eigenvalue weighted by Crippen LogP contribution is 2.30. The largest absolute Gasteiger partial charge is 0.463 e. The van der Waals surface area contributed by atoms with Gasteiger partial charge in [-0.05, 0) is 44.6 Å². The van der Waals surface area contributed by atoms with Crippen LogP contribution in [0.1, 0.15) is 44.9 Å². The van der Waals surface area contributed by atoms with Crippen molar-refractivity contribution in [3.05, 3.63) is 0 Å². The molecule has 0 amide bonds. The second kappa shape index (κ2) is 7.10. The molecule has 4 nitrogen and oxygen atoms in total. The molecule has 0 radical (unpaired) electrons. The van der Waals surface area contributed by atoms with Crippen molar-refractivity contribution in [3.63, 3.8) is 0 Å². The van der Waals surface area contributed by atoms with Crippen molar-refractivity contribution in [1.29, 1.82) is 0 Å². The van der Waals surface area contributed by atoms with Crippen LogP contribution in [0.4, 0.5) is 0 Å². The summed E-state index contributed by atoms with van der Waals surface area (Å²) in [7, 11) is 0. The van der Waals surface area contributed by atoms with Crippen molar-refractivity contribution in [2.45, 2.75) is 51.0 Å². The van der Waals surface area contributed by atoms with Crippen LogP contribution in [-0.4, -0.2) is 31.8 Å². The van der Waals surface area contributed by atoms with Gasteiger partial charge >= 0.3 is 5.97 Å². The molecule has 4 heteroatoms. The third kappa shape index (κ3) is 3.69. The Hall–Kier alpha value is -0.610. The predicted octanol–water partition coefficient (Wildman–Crippen LogP) is 1.86. The zero-order chi connectivity index (χ0) is 12.8. The maximum atomic E-state index is 12.1. The van der Waals surface area contributed by atoms with E-state index >= 15 is 0 Å². The summed E-state index contributed by atoms with van der Waals surface area (Å²) in [6.45, 7) is 1.82. The topological polar surface area (TPSA) is 61.6 Å². The van der Waals surface area contributed by atoms with Crippen LogP contribution in [0.15, 0.2) is 0 Å². The molecule has 0 aromatic carbocycles. The first-order valence-corrected chi connectivity index (χ1v) is 7.29. The number of ether oxygens (including phenoxy) is 2. The molecule has 2 aliphatic rings. The third-order valence-electron chi connectivity index (χ3n) is 4.20. The van der Waals surface area contributed by atoms with E-state index in [-0.39, 0.29) is 18.0 Å². The van der Waals surface area contributed by atoms with Gasteiger partial charge in [-0.15, -0.1) is 0 Å². The van der Waals surface area contributed by atoms with Gasteiger partial charge in [0.2, 0.25) is 0 Å². The number of nitrogens with two attached hydrogens (primary N) is 1. The second-order valence-electron chi connectivity index (χ2n) is 5.51. The molecule has 0 bridgehead atoms. The van der Waals surface area contributed by atoms with Crippen LogP contribution in [0.5, 0.6) is 0 Å². The fourth-order valence-corrected chi connectivity index (χ4v) is 3.02. The van der Waals surface area contributed by atoms with E-state index in [0.717, 1.165) is 38.7 Å². The standard InChI is InChI=1S/C14H25NO3/c15-9-11-5-1-2-7-13(11)14(16)18-10-12-6-3-4-8-17-12/h11-13H,1-10,15H2. The number of rotatable bonds is 4. The molecule has 18 heavy (non-hydrogen) atoms. The van der Waals surface area contributed by atoms with E-state index in [1.54, 1.807) is 0 Å². The fourth-order valence-electron chi connectivity index (χ4n) is 3.02. The minimum atomic E-state index is -0.0562. The summed E-state index contributed by atoms with van der Waals surface area (Å²) < 4.78 is 11.0. The number of carbonyl (C=O) groups excluding carboxylic acids is 1. The van der Waals surface area contributed by atoms with Gasteiger partial charge < -0.3 is 15.2 Å². The van der Waals surface area contributed by atoms with Crippen LogP contribution in [0.3, 0.4) is 0 Å². The lowest BCUT2D eigenvalue weighted by atomic mass is 9.79. The molecule has 2 N–H and O–H groups in total. The molecule has 3 unspecified atom stereocenters. The number of esters is 1. The SMILES string of the molecule is NCC1CCCCC1C(=O)OCC1CCCCO1. The van der Waals surface area contributed by atoms with Crippen molar-refractivity contribution in [1.82, 2.24) is 0 Å². The normalized spacial score (nSPS) is 33.1. The van der Waals surface area contributed by atoms with Gasteiger partial charge in [-0.1, -0.05) is 12.8 Å². The molecular weight excluding hydrogens is 230 g/mol. The highest BCUT2D eigenvalue weighted by Gasteiger charge is 2.31. The monoisotopic (exact) mass is 255 g/mol. The molecule has 0 aromatic heterocycles. The van der Waals surface area contributed by atoms with Crippen molar-refractivity contribution >= 4 is 5.97 Å². The predicted molar refractivity (Wildman–Crippen MR) is 69.1 cm³/mol. The van der Waals surface area contributed by atoms with Crippen LogP contribution in [-0.2, 0) is 14.3 Å². The summed E-state index contributed by atoms with van der Waals surface area (Å²) in [5, 5.41) is 0. The molecule has 1 saturated carbocycles. The highest BCUT2D eigenvalue weighted by atomic mass is 16.6. The van der Waals surface area contributed by atoms with E-state index in [0.29, 0.717) is 19.1 Å². The first-order chi connectivity index (χ1) is 8.81. The van der Waals surface area contributed by atoms with Gasteiger partial charge in [0.25, 0.3) is 0 Å². The summed E-state index contributed by atoms with van der Waals surface area (Å²) in [5.41, 5.74) is 5.74. The molecule has 0 aromatic rings. The molecule has 1 saturated heterocycles. The Kier molecular flexibility index (Phi) is 5.45. The quantitative estimate of drug-likeness (QED) is 0.779. The lowest BCUT2D eigenvalue weighted by molar-refractivity contribution is -0.157. The Bertz CT molecular complexity index is 264. The number of hydrogen-bond acceptors (Lipinski definition) is 4. The molecule has 1 aliphatic heterocycles. The van der Waals surface area contributed by atoms with Crippen molar-refractivity contribution in [2.75, 3.05) is 19.8 Å². The Morgan fingerprint density at radius 2 is 1.94 bits per heavy atom. The average Bonchev–Trinajstić information content (AvgIpc) is 2.45.